The van der Waals surface area contributed by atoms with Crippen molar-refractivity contribution in [3.8, 4) is 0 Å². The molecular formula is C15H19NO2. The molecule has 1 aromatic heterocycles. The number of benzene rings is 1. The van der Waals surface area contributed by atoms with Crippen LogP contribution in [-0.2, 0) is 15.1 Å². The Morgan fingerprint density at radius 3 is 2.67 bits per heavy atom. The smallest absolute Gasteiger partial charge is 0.331 e. The van der Waals surface area contributed by atoms with Gasteiger partial charge in [-0.25, -0.2) is 4.79 Å². The molecule has 0 aliphatic heterocycles. The number of hydrogen-bond acceptors (Lipinski definition) is 2. The molecule has 0 spiro atoms. The fourth-order valence-electron chi connectivity index (χ4n) is 2.43. The molecule has 0 saturated heterocycles. The molecular weight excluding hydrogens is 226 g/mol. The lowest BCUT2D eigenvalue weighted by atomic mass is 10.0. The minimum Gasteiger partial charge on any atom is -0.464 e. The molecule has 2 aromatic rings. The molecule has 1 heterocycles. The highest BCUT2D eigenvalue weighted by molar-refractivity contribution is 5.86. The van der Waals surface area contributed by atoms with Crippen molar-refractivity contribution >= 4 is 16.9 Å². The van der Waals surface area contributed by atoms with E-state index in [1.54, 1.807) is 0 Å². The van der Waals surface area contributed by atoms with Crippen molar-refractivity contribution < 1.29 is 9.53 Å². The molecule has 0 radical (unpaired) electrons. The zero-order valence-corrected chi connectivity index (χ0v) is 11.4. The zero-order chi connectivity index (χ0) is 13.3. The van der Waals surface area contributed by atoms with Crippen LogP contribution in [0.2, 0.25) is 0 Å². The standard InChI is InChI=1S/C15H19NO2/c1-5-18-14(17)15(3,4)16-11(2)10-12-8-6-7-9-13(12)16/h6-10H,5H2,1-4H3. The van der Waals surface area contributed by atoms with Gasteiger partial charge in [0.25, 0.3) is 0 Å². The van der Waals surface area contributed by atoms with Crippen LogP contribution in [0.3, 0.4) is 0 Å². The van der Waals surface area contributed by atoms with E-state index >= 15 is 0 Å². The summed E-state index contributed by atoms with van der Waals surface area (Å²) in [5, 5.41) is 1.15. The van der Waals surface area contributed by atoms with Crippen LogP contribution in [0.4, 0.5) is 0 Å². The zero-order valence-electron chi connectivity index (χ0n) is 11.4. The molecule has 0 saturated carbocycles. The number of ether oxygens (including phenoxy) is 1. The maximum atomic E-state index is 12.1. The largest absolute Gasteiger partial charge is 0.464 e. The first-order valence-corrected chi connectivity index (χ1v) is 6.23. The Bertz CT molecular complexity index is 581. The molecule has 0 unspecified atom stereocenters. The van der Waals surface area contributed by atoms with Crippen LogP contribution < -0.4 is 0 Å². The van der Waals surface area contributed by atoms with E-state index in [0.717, 1.165) is 16.6 Å². The monoisotopic (exact) mass is 245 g/mol. The molecule has 0 atom stereocenters. The molecule has 0 bridgehead atoms. The molecule has 0 amide bonds. The van der Waals surface area contributed by atoms with Crippen LogP contribution in [0.15, 0.2) is 30.3 Å². The second kappa shape index (κ2) is 4.48. The molecule has 96 valence electrons. The number of esters is 1. The Kier molecular flexibility index (Phi) is 3.16. The number of nitrogens with zero attached hydrogens (tertiary/aromatic N) is 1. The predicted molar refractivity (Wildman–Crippen MR) is 72.6 cm³/mol. The summed E-state index contributed by atoms with van der Waals surface area (Å²) in [6.45, 7) is 8.03. The van der Waals surface area contributed by atoms with Crippen molar-refractivity contribution in [3.63, 3.8) is 0 Å². The normalized spacial score (nSPS) is 11.8. The Hall–Kier alpha value is -1.77. The van der Waals surface area contributed by atoms with E-state index in [1.165, 1.54) is 0 Å². The minimum atomic E-state index is -0.691. The van der Waals surface area contributed by atoms with Gasteiger partial charge in [-0.1, -0.05) is 18.2 Å². The van der Waals surface area contributed by atoms with Crippen molar-refractivity contribution in [2.45, 2.75) is 33.2 Å². The van der Waals surface area contributed by atoms with E-state index in [9.17, 15) is 4.79 Å². The summed E-state index contributed by atoms with van der Waals surface area (Å²) in [6.07, 6.45) is 0. The third-order valence-electron chi connectivity index (χ3n) is 3.23. The van der Waals surface area contributed by atoms with Crippen LogP contribution in [0.5, 0.6) is 0 Å². The SMILES string of the molecule is CCOC(=O)C(C)(C)n1c(C)cc2ccccc21. The van der Waals surface area contributed by atoms with Gasteiger partial charge in [-0.05, 0) is 45.2 Å². The summed E-state index contributed by atoms with van der Waals surface area (Å²) in [5.41, 5.74) is 1.44. The summed E-state index contributed by atoms with van der Waals surface area (Å²) in [7, 11) is 0. The molecule has 1 aromatic carbocycles. The number of hydrogen-bond donors (Lipinski definition) is 0. The van der Waals surface area contributed by atoms with Gasteiger partial charge in [0, 0.05) is 11.2 Å². The highest BCUT2D eigenvalue weighted by atomic mass is 16.5. The third-order valence-corrected chi connectivity index (χ3v) is 3.23. The summed E-state index contributed by atoms with van der Waals surface area (Å²) in [4.78, 5) is 12.1. The molecule has 2 rings (SSSR count). The molecule has 3 nitrogen and oxygen atoms in total. The van der Waals surface area contributed by atoms with Gasteiger partial charge in [0.1, 0.15) is 5.54 Å². The summed E-state index contributed by atoms with van der Waals surface area (Å²) < 4.78 is 7.22. The van der Waals surface area contributed by atoms with E-state index in [0.29, 0.717) is 6.61 Å². The Morgan fingerprint density at radius 2 is 2.00 bits per heavy atom. The van der Waals surface area contributed by atoms with Crippen LogP contribution in [-0.4, -0.2) is 17.1 Å². The fourth-order valence-corrected chi connectivity index (χ4v) is 2.43. The summed E-state index contributed by atoms with van der Waals surface area (Å²) in [6, 6.07) is 10.2. The van der Waals surface area contributed by atoms with E-state index in [2.05, 4.69) is 12.1 Å². The number of carbonyl (C=O) groups is 1. The van der Waals surface area contributed by atoms with Crippen molar-refractivity contribution in [2.75, 3.05) is 6.61 Å². The molecule has 0 N–H and O–H groups in total. The number of aryl methyl sites for hydroxylation is 1. The first-order valence-electron chi connectivity index (χ1n) is 6.23. The number of aromatic nitrogens is 1. The lowest BCUT2D eigenvalue weighted by Crippen LogP contribution is -2.38. The molecule has 3 heteroatoms. The van der Waals surface area contributed by atoms with Gasteiger partial charge >= 0.3 is 5.97 Å². The summed E-state index contributed by atoms with van der Waals surface area (Å²) in [5.74, 6) is -0.200. The maximum Gasteiger partial charge on any atom is 0.331 e. The Labute approximate surface area is 107 Å². The van der Waals surface area contributed by atoms with Crippen molar-refractivity contribution in [3.05, 3.63) is 36.0 Å². The first-order chi connectivity index (χ1) is 8.48. The Balaban J connectivity index is 2.59. The first kappa shape index (κ1) is 12.7. The van der Waals surface area contributed by atoms with Gasteiger partial charge in [-0.15, -0.1) is 0 Å². The average molecular weight is 245 g/mol. The van der Waals surface area contributed by atoms with E-state index in [4.69, 9.17) is 4.74 Å². The van der Waals surface area contributed by atoms with E-state index in [1.807, 2.05) is 50.5 Å². The number of fused-ring (bicyclic) bond motifs is 1. The second-order valence-electron chi connectivity index (χ2n) is 4.96. The Morgan fingerprint density at radius 1 is 1.33 bits per heavy atom. The predicted octanol–water partition coefficient (Wildman–Crippen LogP) is 3.25. The van der Waals surface area contributed by atoms with Crippen LogP contribution in [0.1, 0.15) is 26.5 Å². The van der Waals surface area contributed by atoms with Crippen molar-refractivity contribution in [2.24, 2.45) is 0 Å². The van der Waals surface area contributed by atoms with Gasteiger partial charge in [-0.3, -0.25) is 0 Å². The maximum absolute atomic E-state index is 12.1. The minimum absolute atomic E-state index is 0.200. The molecule has 18 heavy (non-hydrogen) atoms. The van der Waals surface area contributed by atoms with Gasteiger partial charge in [0.2, 0.25) is 0 Å². The van der Waals surface area contributed by atoms with Crippen molar-refractivity contribution in [1.29, 1.82) is 0 Å². The number of rotatable bonds is 3. The van der Waals surface area contributed by atoms with Gasteiger partial charge in [-0.2, -0.15) is 0 Å². The van der Waals surface area contributed by atoms with E-state index in [-0.39, 0.29) is 5.97 Å². The third kappa shape index (κ3) is 1.90. The van der Waals surface area contributed by atoms with Crippen LogP contribution >= 0.6 is 0 Å². The van der Waals surface area contributed by atoms with Crippen LogP contribution in [0, 0.1) is 6.92 Å². The van der Waals surface area contributed by atoms with E-state index < -0.39 is 5.54 Å². The quantitative estimate of drug-likeness (QED) is 0.777. The van der Waals surface area contributed by atoms with Gasteiger partial charge < -0.3 is 9.30 Å². The van der Waals surface area contributed by atoms with Crippen LogP contribution in [0.25, 0.3) is 10.9 Å². The second-order valence-corrected chi connectivity index (χ2v) is 4.96. The lowest BCUT2D eigenvalue weighted by molar-refractivity contribution is -0.152. The fraction of sp³-hybridized carbons (Fsp3) is 0.400. The summed E-state index contributed by atoms with van der Waals surface area (Å²) >= 11 is 0. The van der Waals surface area contributed by atoms with Crippen molar-refractivity contribution in [1.82, 2.24) is 4.57 Å². The highest BCUT2D eigenvalue weighted by Crippen LogP contribution is 2.28. The molecule has 0 fully saturated rings. The molecule has 0 aliphatic rings. The number of carbonyl (C=O) groups excluding carboxylic acids is 1. The lowest BCUT2D eigenvalue weighted by Gasteiger charge is -2.27. The van der Waals surface area contributed by atoms with Gasteiger partial charge in [0.05, 0.1) is 6.61 Å². The van der Waals surface area contributed by atoms with Gasteiger partial charge in [0.15, 0.2) is 0 Å². The highest BCUT2D eigenvalue weighted by Gasteiger charge is 2.33. The molecule has 0 aliphatic carbocycles. The number of para-hydroxylation sites is 1. The average Bonchev–Trinajstić information content (AvgIpc) is 2.65. The topological polar surface area (TPSA) is 31.2 Å².